The van der Waals surface area contributed by atoms with E-state index in [4.69, 9.17) is 14.2 Å². The summed E-state index contributed by atoms with van der Waals surface area (Å²) in [6, 6.07) is 6.71. The lowest BCUT2D eigenvalue weighted by Gasteiger charge is -2.32. The molecule has 1 aliphatic carbocycles. The Bertz CT molecular complexity index is 948. The van der Waals surface area contributed by atoms with E-state index in [2.05, 4.69) is 0 Å². The average molecular weight is 383 g/mol. The van der Waals surface area contributed by atoms with Gasteiger partial charge >= 0.3 is 0 Å². The van der Waals surface area contributed by atoms with E-state index in [-0.39, 0.29) is 28.9 Å². The molecule has 1 aliphatic rings. The Hall–Kier alpha value is -2.86. The van der Waals surface area contributed by atoms with Crippen LogP contribution in [-0.4, -0.2) is 51.9 Å². The number of methoxy groups -OCH3 is 3. The summed E-state index contributed by atoms with van der Waals surface area (Å²) in [7, 11) is 8.34. The van der Waals surface area contributed by atoms with E-state index < -0.39 is 0 Å². The number of carbonyl (C=O) groups excluding carboxylic acids is 2. The monoisotopic (exact) mass is 383 g/mol. The molecule has 1 unspecified atom stereocenters. The molecule has 0 spiro atoms. The van der Waals surface area contributed by atoms with Crippen LogP contribution in [0.25, 0.3) is 0 Å². The maximum atomic E-state index is 13.5. The summed E-state index contributed by atoms with van der Waals surface area (Å²) in [4.78, 5) is 28.9. The smallest absolute Gasteiger partial charge is 0.204 e. The second-order valence-electron chi connectivity index (χ2n) is 6.85. The molecule has 0 saturated carbocycles. The number of ketones is 2. The first-order valence-electron chi connectivity index (χ1n) is 9.13. The third-order valence-corrected chi connectivity index (χ3v) is 5.23. The number of hydrogen-bond acceptors (Lipinski definition) is 6. The summed E-state index contributed by atoms with van der Waals surface area (Å²) in [5.74, 6) is 0.496. The van der Waals surface area contributed by atoms with Crippen molar-refractivity contribution in [2.24, 2.45) is 0 Å². The van der Waals surface area contributed by atoms with E-state index in [1.54, 1.807) is 24.3 Å². The highest BCUT2D eigenvalue weighted by Gasteiger charge is 2.40. The Morgan fingerprint density at radius 2 is 1.32 bits per heavy atom. The van der Waals surface area contributed by atoms with Crippen molar-refractivity contribution < 1.29 is 23.8 Å². The fourth-order valence-electron chi connectivity index (χ4n) is 4.03. The van der Waals surface area contributed by atoms with Crippen LogP contribution in [0, 0.1) is 0 Å². The molecule has 6 nitrogen and oxygen atoms in total. The minimum absolute atomic E-state index is 0.148. The molecule has 0 amide bonds. The van der Waals surface area contributed by atoms with Gasteiger partial charge in [-0.15, -0.1) is 0 Å². The molecule has 0 fully saturated rings. The van der Waals surface area contributed by atoms with E-state index in [0.29, 0.717) is 40.2 Å². The molecule has 0 saturated heterocycles. The molecule has 0 N–H and O–H groups in total. The van der Waals surface area contributed by atoms with Crippen LogP contribution in [0.1, 0.15) is 56.8 Å². The predicted molar refractivity (Wildman–Crippen MR) is 106 cm³/mol. The van der Waals surface area contributed by atoms with Crippen molar-refractivity contribution in [2.45, 2.75) is 19.4 Å². The molecule has 148 valence electrons. The molecule has 0 bridgehead atoms. The lowest BCUT2D eigenvalue weighted by molar-refractivity contribution is 0.0972. The van der Waals surface area contributed by atoms with E-state index in [1.165, 1.54) is 21.3 Å². The third-order valence-electron chi connectivity index (χ3n) is 5.23. The molecular formula is C22H25NO5. The van der Waals surface area contributed by atoms with Crippen LogP contribution < -0.4 is 14.2 Å². The van der Waals surface area contributed by atoms with Crippen molar-refractivity contribution in [3.05, 3.63) is 52.1 Å². The van der Waals surface area contributed by atoms with Gasteiger partial charge in [0.05, 0.1) is 26.9 Å². The van der Waals surface area contributed by atoms with E-state index in [9.17, 15) is 9.59 Å². The van der Waals surface area contributed by atoms with Crippen molar-refractivity contribution in [3.8, 4) is 17.2 Å². The number of hydrogen-bond donors (Lipinski definition) is 0. The lowest BCUT2D eigenvalue weighted by Crippen LogP contribution is -2.28. The minimum Gasteiger partial charge on any atom is -0.492 e. The zero-order chi connectivity index (χ0) is 20.6. The second-order valence-corrected chi connectivity index (χ2v) is 6.85. The van der Waals surface area contributed by atoms with E-state index in [1.807, 2.05) is 25.9 Å². The molecule has 0 aliphatic heterocycles. The Morgan fingerprint density at radius 1 is 0.821 bits per heavy atom. The van der Waals surface area contributed by atoms with E-state index in [0.717, 1.165) is 0 Å². The quantitative estimate of drug-likeness (QED) is 0.649. The third kappa shape index (κ3) is 2.76. The number of ether oxygens (including phenoxy) is 3. The van der Waals surface area contributed by atoms with Crippen LogP contribution in [0.5, 0.6) is 17.2 Å². The SMILES string of the molecule is CCC(c1c(OC)c(OC)c(OC)c2c1C(=O)c1ccccc1C2=O)N(C)C. The number of nitrogens with zero attached hydrogens (tertiary/aromatic N) is 1. The van der Waals surface area contributed by atoms with Gasteiger partial charge < -0.3 is 19.1 Å². The first-order chi connectivity index (χ1) is 13.4. The van der Waals surface area contributed by atoms with Gasteiger partial charge in [-0.05, 0) is 20.5 Å². The fraction of sp³-hybridized carbons (Fsp3) is 0.364. The van der Waals surface area contributed by atoms with Crippen LogP contribution >= 0.6 is 0 Å². The topological polar surface area (TPSA) is 65.1 Å². The van der Waals surface area contributed by atoms with Gasteiger partial charge in [0.2, 0.25) is 5.75 Å². The molecule has 1 atom stereocenters. The highest BCUT2D eigenvalue weighted by Crippen LogP contribution is 2.51. The molecule has 2 aromatic rings. The van der Waals surface area contributed by atoms with Gasteiger partial charge in [0, 0.05) is 28.3 Å². The zero-order valence-electron chi connectivity index (χ0n) is 17.1. The normalized spacial score (nSPS) is 13.8. The van der Waals surface area contributed by atoms with Gasteiger partial charge in [0.15, 0.2) is 23.1 Å². The summed E-state index contributed by atoms with van der Waals surface area (Å²) >= 11 is 0. The molecule has 0 aromatic heterocycles. The van der Waals surface area contributed by atoms with Gasteiger partial charge in [-0.25, -0.2) is 0 Å². The second kappa shape index (κ2) is 7.64. The number of rotatable bonds is 6. The van der Waals surface area contributed by atoms with Crippen molar-refractivity contribution in [2.75, 3.05) is 35.4 Å². The highest BCUT2D eigenvalue weighted by atomic mass is 16.5. The van der Waals surface area contributed by atoms with Crippen molar-refractivity contribution in [1.82, 2.24) is 4.90 Å². The number of benzene rings is 2. The Labute approximate surface area is 165 Å². The van der Waals surface area contributed by atoms with Crippen LogP contribution in [0.2, 0.25) is 0 Å². The maximum Gasteiger partial charge on any atom is 0.204 e. The van der Waals surface area contributed by atoms with E-state index >= 15 is 0 Å². The van der Waals surface area contributed by atoms with Gasteiger partial charge in [-0.1, -0.05) is 31.2 Å². The van der Waals surface area contributed by atoms with Crippen LogP contribution in [0.3, 0.4) is 0 Å². The molecule has 0 radical (unpaired) electrons. The van der Waals surface area contributed by atoms with Crippen molar-refractivity contribution >= 4 is 11.6 Å². The largest absolute Gasteiger partial charge is 0.492 e. The molecule has 2 aromatic carbocycles. The lowest BCUT2D eigenvalue weighted by atomic mass is 9.78. The standard InChI is InChI=1S/C22H25NO5/c1-7-14(23(2)3)15-16-17(21(27-5)22(28-6)20(15)26-4)19(25)13-11-9-8-10-12(13)18(16)24/h8-11,14H,7H2,1-6H3. The summed E-state index contributed by atoms with van der Waals surface area (Å²) in [5, 5.41) is 0. The molecular weight excluding hydrogens is 358 g/mol. The molecule has 6 heteroatoms. The summed E-state index contributed by atoms with van der Waals surface area (Å²) in [6.45, 7) is 2.02. The first kappa shape index (κ1) is 19.9. The summed E-state index contributed by atoms with van der Waals surface area (Å²) in [5.41, 5.74) is 1.98. The maximum absolute atomic E-state index is 13.5. The Kier molecular flexibility index (Phi) is 5.42. The average Bonchev–Trinajstić information content (AvgIpc) is 2.70. The highest BCUT2D eigenvalue weighted by molar-refractivity contribution is 6.30. The van der Waals surface area contributed by atoms with Gasteiger partial charge in [-0.2, -0.15) is 0 Å². The Balaban J connectivity index is 2.51. The molecule has 0 heterocycles. The van der Waals surface area contributed by atoms with Crippen molar-refractivity contribution in [3.63, 3.8) is 0 Å². The summed E-state index contributed by atoms with van der Waals surface area (Å²) < 4.78 is 16.8. The molecule has 3 rings (SSSR count). The van der Waals surface area contributed by atoms with Crippen LogP contribution in [-0.2, 0) is 0 Å². The summed E-state index contributed by atoms with van der Waals surface area (Å²) in [6.07, 6.45) is 0.717. The van der Waals surface area contributed by atoms with Gasteiger partial charge in [0.25, 0.3) is 0 Å². The van der Waals surface area contributed by atoms with Gasteiger partial charge in [0.1, 0.15) is 0 Å². The number of fused-ring (bicyclic) bond motifs is 2. The predicted octanol–water partition coefficient (Wildman–Crippen LogP) is 3.50. The zero-order valence-corrected chi connectivity index (χ0v) is 17.1. The molecule has 28 heavy (non-hydrogen) atoms. The first-order valence-corrected chi connectivity index (χ1v) is 9.13. The number of carbonyl (C=O) groups is 2. The van der Waals surface area contributed by atoms with Gasteiger partial charge in [-0.3, -0.25) is 9.59 Å². The minimum atomic E-state index is -0.252. The fourth-order valence-corrected chi connectivity index (χ4v) is 4.03. The van der Waals surface area contributed by atoms with Crippen LogP contribution in [0.4, 0.5) is 0 Å². The van der Waals surface area contributed by atoms with Crippen molar-refractivity contribution in [1.29, 1.82) is 0 Å². The Morgan fingerprint density at radius 3 is 1.75 bits per heavy atom. The van der Waals surface area contributed by atoms with Crippen LogP contribution in [0.15, 0.2) is 24.3 Å².